The number of para-hydroxylation sites is 1. The van der Waals surface area contributed by atoms with E-state index in [9.17, 15) is 9.59 Å². The van der Waals surface area contributed by atoms with Crippen molar-refractivity contribution in [1.29, 1.82) is 0 Å². The summed E-state index contributed by atoms with van der Waals surface area (Å²) < 4.78 is 11.2. The third-order valence-electron chi connectivity index (χ3n) is 5.48. The number of hydrogen-bond donors (Lipinski definition) is 0. The van der Waals surface area contributed by atoms with Crippen molar-refractivity contribution in [1.82, 2.24) is 0 Å². The highest BCUT2D eigenvalue weighted by Gasteiger charge is 2.36. The minimum atomic E-state index is -0.764. The lowest BCUT2D eigenvalue weighted by Gasteiger charge is -2.25. The summed E-state index contributed by atoms with van der Waals surface area (Å²) in [4.78, 5) is 27.2. The topological polar surface area (TPSA) is 55.8 Å². The Bertz CT molecular complexity index is 1040. The Hall–Kier alpha value is -3.44. The van der Waals surface area contributed by atoms with Gasteiger partial charge in [0.25, 0.3) is 5.91 Å². The van der Waals surface area contributed by atoms with Gasteiger partial charge in [-0.2, -0.15) is 0 Å². The lowest BCUT2D eigenvalue weighted by molar-refractivity contribution is -0.142. The number of esters is 1. The first-order valence-corrected chi connectivity index (χ1v) is 10.4. The first-order valence-electron chi connectivity index (χ1n) is 10.4. The highest BCUT2D eigenvalue weighted by Crippen LogP contribution is 2.39. The van der Waals surface area contributed by atoms with Crippen LogP contribution in [0.2, 0.25) is 0 Å². The second-order valence-electron chi connectivity index (χ2n) is 7.50. The van der Waals surface area contributed by atoms with E-state index in [-0.39, 0.29) is 24.7 Å². The molecule has 4 rings (SSSR count). The van der Waals surface area contributed by atoms with Crippen LogP contribution in [0.25, 0.3) is 0 Å². The molecule has 2 atom stereocenters. The normalized spacial score (nSPS) is 18.2. The van der Waals surface area contributed by atoms with Crippen LogP contribution in [0.5, 0.6) is 0 Å². The number of fused-ring (bicyclic) bond motifs is 1. The van der Waals surface area contributed by atoms with Crippen LogP contribution < -0.4 is 4.90 Å². The molecule has 3 aromatic rings. The van der Waals surface area contributed by atoms with Gasteiger partial charge in [0.1, 0.15) is 12.2 Å². The van der Waals surface area contributed by atoms with Crippen molar-refractivity contribution in [2.75, 3.05) is 12.0 Å². The minimum absolute atomic E-state index is 0.115. The number of nitrogens with zero attached hydrogens (tertiary/aromatic N) is 1. The van der Waals surface area contributed by atoms with Crippen LogP contribution in [-0.4, -0.2) is 25.1 Å². The number of hydrogen-bond acceptors (Lipinski definition) is 4. The second kappa shape index (κ2) is 9.58. The van der Waals surface area contributed by atoms with Gasteiger partial charge < -0.3 is 14.4 Å². The molecule has 1 amide bonds. The van der Waals surface area contributed by atoms with Crippen LogP contribution in [-0.2, 0) is 25.6 Å². The van der Waals surface area contributed by atoms with Gasteiger partial charge in [-0.3, -0.25) is 9.59 Å². The largest absolute Gasteiger partial charge is 0.469 e. The number of rotatable bonds is 6. The molecule has 0 radical (unpaired) electrons. The first kappa shape index (κ1) is 20.8. The van der Waals surface area contributed by atoms with Gasteiger partial charge in [0, 0.05) is 12.0 Å². The Labute approximate surface area is 182 Å². The fourth-order valence-corrected chi connectivity index (χ4v) is 3.90. The molecule has 1 aliphatic rings. The van der Waals surface area contributed by atoms with Gasteiger partial charge in [-0.05, 0) is 23.6 Å². The summed E-state index contributed by atoms with van der Waals surface area (Å²) in [7, 11) is 1.35. The van der Waals surface area contributed by atoms with E-state index < -0.39 is 12.2 Å². The summed E-state index contributed by atoms with van der Waals surface area (Å²) >= 11 is 0. The van der Waals surface area contributed by atoms with Gasteiger partial charge in [-0.1, -0.05) is 78.9 Å². The van der Waals surface area contributed by atoms with Crippen molar-refractivity contribution >= 4 is 17.6 Å². The van der Waals surface area contributed by atoms with Crippen molar-refractivity contribution < 1.29 is 19.1 Å². The highest BCUT2D eigenvalue weighted by atomic mass is 16.5. The number of amides is 1. The molecule has 5 heteroatoms. The standard InChI is InChI=1S/C26H25NO4/c1-30-24(28)17-16-23-26(29)27(18-19-10-4-2-5-11-19)22-15-9-8-14-21(22)25(31-23)20-12-6-3-7-13-20/h2-15,23,25H,16-18H2,1H3/t23-,25-/m1/s1. The van der Waals surface area contributed by atoms with Crippen LogP contribution in [0.15, 0.2) is 84.9 Å². The number of carbonyl (C=O) groups is 2. The molecule has 0 saturated carbocycles. The van der Waals surface area contributed by atoms with Crippen LogP contribution in [0.3, 0.4) is 0 Å². The molecule has 0 fully saturated rings. The van der Waals surface area contributed by atoms with E-state index in [1.54, 1.807) is 4.90 Å². The van der Waals surface area contributed by atoms with E-state index in [2.05, 4.69) is 0 Å². The van der Waals surface area contributed by atoms with E-state index in [0.717, 1.165) is 22.4 Å². The molecule has 3 aromatic carbocycles. The van der Waals surface area contributed by atoms with E-state index in [1.807, 2.05) is 84.9 Å². The molecule has 1 aliphatic heterocycles. The summed E-state index contributed by atoms with van der Waals surface area (Å²) in [6.45, 7) is 0.427. The highest BCUT2D eigenvalue weighted by molar-refractivity contribution is 5.98. The van der Waals surface area contributed by atoms with Crippen LogP contribution in [0, 0.1) is 0 Å². The molecule has 0 N–H and O–H groups in total. The van der Waals surface area contributed by atoms with Crippen LogP contribution in [0.1, 0.15) is 35.6 Å². The van der Waals surface area contributed by atoms with Crippen LogP contribution in [0.4, 0.5) is 5.69 Å². The monoisotopic (exact) mass is 415 g/mol. The van der Waals surface area contributed by atoms with E-state index in [0.29, 0.717) is 6.54 Å². The van der Waals surface area contributed by atoms with Crippen molar-refractivity contribution in [2.24, 2.45) is 0 Å². The molecule has 0 aliphatic carbocycles. The zero-order valence-corrected chi connectivity index (χ0v) is 17.4. The summed E-state index contributed by atoms with van der Waals surface area (Å²) in [5.74, 6) is -0.511. The molecule has 31 heavy (non-hydrogen) atoms. The Morgan fingerprint density at radius 3 is 2.29 bits per heavy atom. The second-order valence-corrected chi connectivity index (χ2v) is 7.50. The third-order valence-corrected chi connectivity index (χ3v) is 5.48. The molecular weight excluding hydrogens is 390 g/mol. The smallest absolute Gasteiger partial charge is 0.305 e. The lowest BCUT2D eigenvalue weighted by atomic mass is 9.99. The fraction of sp³-hybridized carbons (Fsp3) is 0.231. The zero-order valence-electron chi connectivity index (χ0n) is 17.4. The predicted octanol–water partition coefficient (Wildman–Crippen LogP) is 4.66. The van der Waals surface area contributed by atoms with Gasteiger partial charge in [0.15, 0.2) is 0 Å². The third kappa shape index (κ3) is 4.67. The van der Waals surface area contributed by atoms with Crippen molar-refractivity contribution in [3.8, 4) is 0 Å². The van der Waals surface area contributed by atoms with Gasteiger partial charge in [0.05, 0.1) is 19.3 Å². The minimum Gasteiger partial charge on any atom is -0.469 e. The van der Waals surface area contributed by atoms with E-state index in [4.69, 9.17) is 9.47 Å². The Balaban J connectivity index is 1.77. The summed E-state index contributed by atoms with van der Waals surface area (Å²) in [5.41, 5.74) is 3.74. The van der Waals surface area contributed by atoms with Gasteiger partial charge in [-0.25, -0.2) is 0 Å². The van der Waals surface area contributed by atoms with E-state index in [1.165, 1.54) is 7.11 Å². The molecule has 0 saturated heterocycles. The first-order chi connectivity index (χ1) is 15.2. The predicted molar refractivity (Wildman–Crippen MR) is 118 cm³/mol. The van der Waals surface area contributed by atoms with Crippen molar-refractivity contribution in [3.63, 3.8) is 0 Å². The average Bonchev–Trinajstić information content (AvgIpc) is 2.94. The number of methoxy groups -OCH3 is 1. The number of carbonyl (C=O) groups excluding carboxylic acids is 2. The SMILES string of the molecule is COC(=O)CC[C@H]1O[C@H](c2ccccc2)c2ccccc2N(Cc2ccccc2)C1=O. The molecular formula is C26H25NO4. The summed E-state index contributed by atoms with van der Waals surface area (Å²) in [6.07, 6.45) is -0.803. The maximum atomic E-state index is 13.6. The molecule has 158 valence electrons. The van der Waals surface area contributed by atoms with Crippen molar-refractivity contribution in [2.45, 2.75) is 31.6 Å². The molecule has 0 unspecified atom stereocenters. The molecule has 0 aromatic heterocycles. The zero-order chi connectivity index (χ0) is 21.6. The number of ether oxygens (including phenoxy) is 2. The number of anilines is 1. The average molecular weight is 415 g/mol. The summed E-state index contributed by atoms with van der Waals surface area (Å²) in [6, 6.07) is 27.6. The van der Waals surface area contributed by atoms with E-state index >= 15 is 0 Å². The summed E-state index contributed by atoms with van der Waals surface area (Å²) in [5, 5.41) is 0. The Morgan fingerprint density at radius 2 is 1.58 bits per heavy atom. The Morgan fingerprint density at radius 1 is 0.935 bits per heavy atom. The van der Waals surface area contributed by atoms with Crippen LogP contribution >= 0.6 is 0 Å². The maximum absolute atomic E-state index is 13.6. The molecule has 5 nitrogen and oxygen atoms in total. The van der Waals surface area contributed by atoms with Gasteiger partial charge >= 0.3 is 5.97 Å². The van der Waals surface area contributed by atoms with Crippen molar-refractivity contribution in [3.05, 3.63) is 102 Å². The molecule has 0 bridgehead atoms. The van der Waals surface area contributed by atoms with Gasteiger partial charge in [-0.15, -0.1) is 0 Å². The Kier molecular flexibility index (Phi) is 6.43. The quantitative estimate of drug-likeness (QED) is 0.550. The molecule has 1 heterocycles. The van der Waals surface area contributed by atoms with Gasteiger partial charge in [0.2, 0.25) is 0 Å². The molecule has 0 spiro atoms. The fourth-order valence-electron chi connectivity index (χ4n) is 3.90. The lowest BCUT2D eigenvalue weighted by Crippen LogP contribution is -2.39. The number of benzene rings is 3. The maximum Gasteiger partial charge on any atom is 0.305 e.